The molecule has 2 unspecified atom stereocenters. The highest BCUT2D eigenvalue weighted by atomic mass is 16.5. The van der Waals surface area contributed by atoms with E-state index >= 15 is 0 Å². The highest BCUT2D eigenvalue weighted by Gasteiger charge is 2.41. The second-order valence-electron chi connectivity index (χ2n) is 5.33. The lowest BCUT2D eigenvalue weighted by Crippen LogP contribution is -2.51. The fourth-order valence-electron chi connectivity index (χ4n) is 3.38. The van der Waals surface area contributed by atoms with E-state index < -0.39 is 0 Å². The molecule has 1 fully saturated rings. The molecule has 0 heterocycles. The third-order valence-corrected chi connectivity index (χ3v) is 4.49. The lowest BCUT2D eigenvalue weighted by Gasteiger charge is -2.40. The summed E-state index contributed by atoms with van der Waals surface area (Å²) in [6.45, 7) is 5.43. The Morgan fingerprint density at radius 2 is 2.00 bits per heavy atom. The lowest BCUT2D eigenvalue weighted by molar-refractivity contribution is 0.109. The van der Waals surface area contributed by atoms with Gasteiger partial charge < -0.3 is 4.74 Å². The van der Waals surface area contributed by atoms with Crippen molar-refractivity contribution in [3.05, 3.63) is 0 Å². The van der Waals surface area contributed by atoms with Crippen LogP contribution in [0.25, 0.3) is 0 Å². The zero-order valence-corrected chi connectivity index (χ0v) is 11.1. The topological polar surface area (TPSA) is 47.3 Å². The van der Waals surface area contributed by atoms with E-state index in [2.05, 4.69) is 19.3 Å². The quantitative estimate of drug-likeness (QED) is 0.520. The normalized spacial score (nSPS) is 23.2. The van der Waals surface area contributed by atoms with E-state index in [4.69, 9.17) is 10.6 Å². The van der Waals surface area contributed by atoms with Gasteiger partial charge in [-0.15, -0.1) is 0 Å². The number of ether oxygens (including phenoxy) is 1. The number of hydrogen-bond acceptors (Lipinski definition) is 3. The first-order valence-electron chi connectivity index (χ1n) is 6.65. The van der Waals surface area contributed by atoms with Crippen LogP contribution in [0.5, 0.6) is 0 Å². The van der Waals surface area contributed by atoms with E-state index in [9.17, 15) is 0 Å². The Bertz CT molecular complexity index is 190. The minimum atomic E-state index is 0.432. The number of hydrazine groups is 1. The van der Waals surface area contributed by atoms with Gasteiger partial charge in [-0.05, 0) is 37.0 Å². The van der Waals surface area contributed by atoms with Crippen molar-refractivity contribution >= 4 is 0 Å². The zero-order chi connectivity index (χ0) is 12.0. The summed E-state index contributed by atoms with van der Waals surface area (Å²) < 4.78 is 5.17. The molecule has 3 N–H and O–H groups in total. The Hall–Kier alpha value is -0.120. The van der Waals surface area contributed by atoms with Crippen LogP contribution < -0.4 is 11.3 Å². The fraction of sp³-hybridized carbons (Fsp3) is 1.00. The van der Waals surface area contributed by atoms with Gasteiger partial charge in [0.15, 0.2) is 0 Å². The average molecular weight is 228 g/mol. The largest absolute Gasteiger partial charge is 0.385 e. The van der Waals surface area contributed by atoms with Crippen LogP contribution in [0.2, 0.25) is 0 Å². The summed E-state index contributed by atoms with van der Waals surface area (Å²) in [4.78, 5) is 0. The molecule has 1 aliphatic carbocycles. The van der Waals surface area contributed by atoms with Crippen LogP contribution in [0.3, 0.4) is 0 Å². The molecule has 2 atom stereocenters. The molecule has 16 heavy (non-hydrogen) atoms. The van der Waals surface area contributed by atoms with Gasteiger partial charge in [-0.3, -0.25) is 11.3 Å². The maximum atomic E-state index is 5.80. The van der Waals surface area contributed by atoms with Gasteiger partial charge in [0.05, 0.1) is 0 Å². The summed E-state index contributed by atoms with van der Waals surface area (Å²) in [7, 11) is 1.77. The molecule has 0 amide bonds. The molecule has 3 heteroatoms. The van der Waals surface area contributed by atoms with Gasteiger partial charge in [0, 0.05) is 19.8 Å². The molecular weight excluding hydrogens is 200 g/mol. The number of hydrogen-bond donors (Lipinski definition) is 2. The molecule has 0 spiro atoms. The second kappa shape index (κ2) is 6.58. The van der Waals surface area contributed by atoms with Gasteiger partial charge in [-0.1, -0.05) is 26.7 Å². The van der Waals surface area contributed by atoms with Crippen molar-refractivity contribution in [1.29, 1.82) is 0 Å². The van der Waals surface area contributed by atoms with E-state index in [1.807, 2.05) is 0 Å². The minimum Gasteiger partial charge on any atom is -0.385 e. The van der Waals surface area contributed by atoms with Crippen LogP contribution in [0.15, 0.2) is 0 Å². The highest BCUT2D eigenvalue weighted by molar-refractivity contribution is 4.95. The third kappa shape index (κ3) is 2.96. The van der Waals surface area contributed by atoms with Crippen molar-refractivity contribution < 1.29 is 4.74 Å². The Morgan fingerprint density at radius 3 is 2.44 bits per heavy atom. The Balaban J connectivity index is 2.63. The van der Waals surface area contributed by atoms with Crippen molar-refractivity contribution in [3.63, 3.8) is 0 Å². The highest BCUT2D eigenvalue weighted by Crippen LogP contribution is 2.46. The van der Waals surface area contributed by atoms with E-state index in [0.29, 0.717) is 17.4 Å². The first-order chi connectivity index (χ1) is 7.70. The van der Waals surface area contributed by atoms with Gasteiger partial charge in [-0.2, -0.15) is 0 Å². The molecule has 96 valence electrons. The van der Waals surface area contributed by atoms with Crippen molar-refractivity contribution in [2.45, 2.75) is 58.4 Å². The number of methoxy groups -OCH3 is 1. The van der Waals surface area contributed by atoms with Gasteiger partial charge in [-0.25, -0.2) is 0 Å². The molecule has 1 aliphatic rings. The molecule has 0 aromatic rings. The predicted octanol–water partition coefficient (Wildman–Crippen LogP) is 2.46. The van der Waals surface area contributed by atoms with E-state index in [0.717, 1.165) is 13.0 Å². The van der Waals surface area contributed by atoms with Crippen molar-refractivity contribution in [2.24, 2.45) is 17.2 Å². The fourth-order valence-corrected chi connectivity index (χ4v) is 3.38. The van der Waals surface area contributed by atoms with E-state index in [1.54, 1.807) is 7.11 Å². The molecule has 3 nitrogen and oxygen atoms in total. The molecule has 1 rings (SSSR count). The summed E-state index contributed by atoms with van der Waals surface area (Å²) in [5, 5.41) is 0. The van der Waals surface area contributed by atoms with Crippen molar-refractivity contribution in [2.75, 3.05) is 13.7 Å². The van der Waals surface area contributed by atoms with Gasteiger partial charge in [0.2, 0.25) is 0 Å². The summed E-state index contributed by atoms with van der Waals surface area (Å²) in [6.07, 6.45) is 7.71. The first kappa shape index (κ1) is 13.9. The van der Waals surface area contributed by atoms with Crippen molar-refractivity contribution in [3.8, 4) is 0 Å². The number of nitrogens with two attached hydrogens (primary N) is 1. The van der Waals surface area contributed by atoms with Crippen LogP contribution in [-0.4, -0.2) is 19.8 Å². The van der Waals surface area contributed by atoms with Gasteiger partial charge in [0.1, 0.15) is 0 Å². The predicted molar refractivity (Wildman–Crippen MR) is 68.0 cm³/mol. The van der Waals surface area contributed by atoms with E-state index in [1.165, 1.54) is 32.1 Å². The summed E-state index contributed by atoms with van der Waals surface area (Å²) in [6, 6.07) is 0.440. The Kier molecular flexibility index (Phi) is 5.73. The summed E-state index contributed by atoms with van der Waals surface area (Å²) >= 11 is 0. The molecule has 0 aliphatic heterocycles. The Labute approximate surface area is 100 Å². The lowest BCUT2D eigenvalue weighted by atomic mass is 9.71. The molecule has 0 aromatic carbocycles. The molecule has 0 aromatic heterocycles. The average Bonchev–Trinajstić information content (AvgIpc) is 2.77. The van der Waals surface area contributed by atoms with Gasteiger partial charge in [0.25, 0.3) is 0 Å². The van der Waals surface area contributed by atoms with Crippen LogP contribution in [0, 0.1) is 11.3 Å². The first-order valence-corrected chi connectivity index (χ1v) is 6.65. The van der Waals surface area contributed by atoms with Crippen LogP contribution in [0.1, 0.15) is 52.4 Å². The molecule has 1 saturated carbocycles. The molecule has 0 saturated heterocycles. The minimum absolute atomic E-state index is 0.432. The van der Waals surface area contributed by atoms with Crippen molar-refractivity contribution in [1.82, 2.24) is 5.43 Å². The molecule has 0 bridgehead atoms. The second-order valence-corrected chi connectivity index (χ2v) is 5.33. The van der Waals surface area contributed by atoms with Crippen LogP contribution in [-0.2, 0) is 4.74 Å². The maximum Gasteiger partial charge on any atom is 0.0465 e. The van der Waals surface area contributed by atoms with E-state index in [-0.39, 0.29) is 0 Å². The smallest absolute Gasteiger partial charge is 0.0465 e. The number of nitrogens with one attached hydrogen (secondary N) is 1. The Morgan fingerprint density at radius 1 is 1.38 bits per heavy atom. The maximum absolute atomic E-state index is 5.80. The third-order valence-electron chi connectivity index (χ3n) is 4.49. The standard InChI is InChI=1S/C13H28N2O/c1-4-13(8-5-6-9-13)12(15-14)11(2)7-10-16-3/h11-12,15H,4-10,14H2,1-3H3. The van der Waals surface area contributed by atoms with Crippen LogP contribution in [0.4, 0.5) is 0 Å². The summed E-state index contributed by atoms with van der Waals surface area (Å²) in [5.41, 5.74) is 3.52. The SMILES string of the molecule is CCC1(C(NN)C(C)CCOC)CCCC1. The summed E-state index contributed by atoms with van der Waals surface area (Å²) in [5.74, 6) is 6.38. The molecule has 0 radical (unpaired) electrons. The zero-order valence-electron chi connectivity index (χ0n) is 11.1. The number of rotatable bonds is 7. The monoisotopic (exact) mass is 228 g/mol. The van der Waals surface area contributed by atoms with Crippen LogP contribution >= 0.6 is 0 Å². The van der Waals surface area contributed by atoms with Gasteiger partial charge >= 0.3 is 0 Å². The molecular formula is C13H28N2O.